The van der Waals surface area contributed by atoms with E-state index in [1.165, 1.54) is 24.1 Å². The van der Waals surface area contributed by atoms with Crippen molar-refractivity contribution < 1.29 is 19.1 Å². The van der Waals surface area contributed by atoms with Crippen molar-refractivity contribution >= 4 is 35.1 Å². The van der Waals surface area contributed by atoms with Crippen LogP contribution < -0.4 is 10.6 Å². The quantitative estimate of drug-likeness (QED) is 0.841. The summed E-state index contributed by atoms with van der Waals surface area (Å²) in [5.74, 6) is -1.76. The standard InChI is InChI=1S/C13H13ClN2O4/c1-20-13(19)7-2-3-10(9(14)4-7)16-6-8(12(15)18)5-11(16)17/h2-4,8H,5-6H2,1H3,(H2,15,18). The van der Waals surface area contributed by atoms with Gasteiger partial charge in [0, 0.05) is 13.0 Å². The van der Waals surface area contributed by atoms with Gasteiger partial charge in [0.1, 0.15) is 0 Å². The first-order valence-electron chi connectivity index (χ1n) is 5.91. The molecule has 1 aliphatic heterocycles. The fourth-order valence-electron chi connectivity index (χ4n) is 2.10. The summed E-state index contributed by atoms with van der Waals surface area (Å²) < 4.78 is 4.59. The summed E-state index contributed by atoms with van der Waals surface area (Å²) in [6.07, 6.45) is 0.0738. The van der Waals surface area contributed by atoms with Gasteiger partial charge in [-0.3, -0.25) is 9.59 Å². The average molecular weight is 297 g/mol. The normalized spacial score (nSPS) is 18.2. The predicted octanol–water partition coefficient (Wildman–Crippen LogP) is 0.965. The maximum Gasteiger partial charge on any atom is 0.337 e. The van der Waals surface area contributed by atoms with Crippen molar-refractivity contribution in [2.75, 3.05) is 18.6 Å². The average Bonchev–Trinajstić information content (AvgIpc) is 2.80. The molecule has 0 bridgehead atoms. The number of rotatable bonds is 3. The van der Waals surface area contributed by atoms with E-state index in [4.69, 9.17) is 17.3 Å². The second-order valence-electron chi connectivity index (χ2n) is 4.47. The molecule has 1 atom stereocenters. The third-order valence-corrected chi connectivity index (χ3v) is 3.49. The Labute approximate surface area is 120 Å². The van der Waals surface area contributed by atoms with Crippen molar-refractivity contribution in [3.05, 3.63) is 28.8 Å². The van der Waals surface area contributed by atoms with Gasteiger partial charge in [-0.2, -0.15) is 0 Å². The molecule has 0 radical (unpaired) electrons. The molecular formula is C13H13ClN2O4. The maximum absolute atomic E-state index is 11.9. The molecule has 2 rings (SSSR count). The number of methoxy groups -OCH3 is 1. The van der Waals surface area contributed by atoms with Gasteiger partial charge in [0.2, 0.25) is 11.8 Å². The molecule has 1 saturated heterocycles. The number of ether oxygens (including phenoxy) is 1. The predicted molar refractivity (Wildman–Crippen MR) is 72.4 cm³/mol. The van der Waals surface area contributed by atoms with Crippen LogP contribution >= 0.6 is 11.6 Å². The number of hydrogen-bond donors (Lipinski definition) is 1. The van der Waals surface area contributed by atoms with E-state index in [9.17, 15) is 14.4 Å². The number of halogens is 1. The molecular weight excluding hydrogens is 284 g/mol. The highest BCUT2D eigenvalue weighted by molar-refractivity contribution is 6.34. The van der Waals surface area contributed by atoms with Crippen LogP contribution in [0.4, 0.5) is 5.69 Å². The van der Waals surface area contributed by atoms with Crippen molar-refractivity contribution in [1.82, 2.24) is 0 Å². The lowest BCUT2D eigenvalue weighted by Gasteiger charge is -2.18. The molecule has 7 heteroatoms. The van der Waals surface area contributed by atoms with Gasteiger partial charge in [-0.1, -0.05) is 11.6 Å². The Balaban J connectivity index is 2.28. The molecule has 1 fully saturated rings. The van der Waals surface area contributed by atoms with Gasteiger partial charge in [0.05, 0.1) is 29.3 Å². The Morgan fingerprint density at radius 1 is 1.45 bits per heavy atom. The number of primary amides is 1. The molecule has 2 N–H and O–H groups in total. The van der Waals surface area contributed by atoms with Gasteiger partial charge in [-0.25, -0.2) is 4.79 Å². The van der Waals surface area contributed by atoms with Gasteiger partial charge in [-0.05, 0) is 18.2 Å². The Morgan fingerprint density at radius 2 is 2.15 bits per heavy atom. The summed E-state index contributed by atoms with van der Waals surface area (Å²) in [5.41, 5.74) is 5.95. The van der Waals surface area contributed by atoms with Crippen LogP contribution in [0.1, 0.15) is 16.8 Å². The van der Waals surface area contributed by atoms with Crippen molar-refractivity contribution in [3.8, 4) is 0 Å². The lowest BCUT2D eigenvalue weighted by atomic mass is 10.1. The van der Waals surface area contributed by atoms with E-state index in [2.05, 4.69) is 4.74 Å². The van der Waals surface area contributed by atoms with Crippen molar-refractivity contribution in [1.29, 1.82) is 0 Å². The molecule has 106 valence electrons. The molecule has 0 aliphatic carbocycles. The molecule has 6 nitrogen and oxygen atoms in total. The summed E-state index contributed by atoms with van der Waals surface area (Å²) >= 11 is 6.09. The minimum Gasteiger partial charge on any atom is -0.465 e. The number of nitrogens with zero attached hydrogens (tertiary/aromatic N) is 1. The summed E-state index contributed by atoms with van der Waals surface area (Å²) in [6.45, 7) is 0.200. The largest absolute Gasteiger partial charge is 0.465 e. The third kappa shape index (κ3) is 2.60. The zero-order valence-corrected chi connectivity index (χ0v) is 11.5. The molecule has 1 aromatic rings. The van der Waals surface area contributed by atoms with Crippen LogP contribution in [-0.4, -0.2) is 31.4 Å². The van der Waals surface area contributed by atoms with Crippen molar-refractivity contribution in [2.45, 2.75) is 6.42 Å². The second-order valence-corrected chi connectivity index (χ2v) is 4.87. The molecule has 0 aromatic heterocycles. The Morgan fingerprint density at radius 3 is 2.65 bits per heavy atom. The van der Waals surface area contributed by atoms with Crippen LogP contribution in [0.5, 0.6) is 0 Å². The summed E-state index contributed by atoms with van der Waals surface area (Å²) in [7, 11) is 1.27. The van der Waals surface area contributed by atoms with Crippen LogP contribution in [0.3, 0.4) is 0 Å². The van der Waals surface area contributed by atoms with Crippen LogP contribution in [0.25, 0.3) is 0 Å². The highest BCUT2D eigenvalue weighted by Gasteiger charge is 2.34. The highest BCUT2D eigenvalue weighted by atomic mass is 35.5. The maximum atomic E-state index is 11.9. The van der Waals surface area contributed by atoms with Gasteiger partial charge < -0.3 is 15.4 Å². The molecule has 0 saturated carbocycles. The zero-order valence-electron chi connectivity index (χ0n) is 10.8. The van der Waals surface area contributed by atoms with Crippen LogP contribution in [0, 0.1) is 5.92 Å². The lowest BCUT2D eigenvalue weighted by Crippen LogP contribution is -2.28. The number of carbonyl (C=O) groups excluding carboxylic acids is 3. The summed E-state index contributed by atoms with van der Waals surface area (Å²) in [6, 6.07) is 4.49. The molecule has 1 aliphatic rings. The number of carbonyl (C=O) groups is 3. The van der Waals surface area contributed by atoms with Gasteiger partial charge >= 0.3 is 5.97 Å². The van der Waals surface area contributed by atoms with Crippen molar-refractivity contribution in [3.63, 3.8) is 0 Å². The van der Waals surface area contributed by atoms with Gasteiger partial charge in [0.15, 0.2) is 0 Å². The number of amides is 2. The van der Waals surface area contributed by atoms with E-state index in [0.717, 1.165) is 0 Å². The van der Waals surface area contributed by atoms with E-state index in [-0.39, 0.29) is 23.9 Å². The highest BCUT2D eigenvalue weighted by Crippen LogP contribution is 2.32. The third-order valence-electron chi connectivity index (χ3n) is 3.19. The van der Waals surface area contributed by atoms with Crippen molar-refractivity contribution in [2.24, 2.45) is 11.7 Å². The first-order valence-corrected chi connectivity index (χ1v) is 6.29. The Kier molecular flexibility index (Phi) is 3.94. The summed E-state index contributed by atoms with van der Waals surface area (Å²) in [5, 5.41) is 0.242. The first-order chi connectivity index (χ1) is 9.43. The van der Waals surface area contributed by atoms with E-state index >= 15 is 0 Å². The van der Waals surface area contributed by atoms with E-state index < -0.39 is 17.8 Å². The van der Waals surface area contributed by atoms with Gasteiger partial charge in [0.25, 0.3) is 0 Å². The first kappa shape index (κ1) is 14.3. The topological polar surface area (TPSA) is 89.7 Å². The van der Waals surface area contributed by atoms with Crippen LogP contribution in [0.15, 0.2) is 18.2 Å². The fourth-order valence-corrected chi connectivity index (χ4v) is 2.38. The monoisotopic (exact) mass is 296 g/mol. The fraction of sp³-hybridized carbons (Fsp3) is 0.308. The second kappa shape index (κ2) is 5.50. The molecule has 1 heterocycles. The molecule has 1 aromatic carbocycles. The smallest absolute Gasteiger partial charge is 0.337 e. The molecule has 20 heavy (non-hydrogen) atoms. The SMILES string of the molecule is COC(=O)c1ccc(N2CC(C(N)=O)CC2=O)c(Cl)c1. The van der Waals surface area contributed by atoms with E-state index in [1.807, 2.05) is 0 Å². The van der Waals surface area contributed by atoms with E-state index in [1.54, 1.807) is 6.07 Å². The van der Waals surface area contributed by atoms with Crippen LogP contribution in [0.2, 0.25) is 5.02 Å². The Bertz CT molecular complexity index is 588. The number of benzene rings is 1. The summed E-state index contributed by atoms with van der Waals surface area (Å²) in [4.78, 5) is 35.8. The number of nitrogens with two attached hydrogens (primary N) is 1. The van der Waals surface area contributed by atoms with E-state index in [0.29, 0.717) is 11.3 Å². The number of esters is 1. The Hall–Kier alpha value is -2.08. The molecule has 1 unspecified atom stereocenters. The lowest BCUT2D eigenvalue weighted by molar-refractivity contribution is -0.123. The number of anilines is 1. The number of hydrogen-bond acceptors (Lipinski definition) is 4. The zero-order chi connectivity index (χ0) is 14.9. The van der Waals surface area contributed by atoms with Crippen LogP contribution in [-0.2, 0) is 14.3 Å². The molecule has 2 amide bonds. The molecule has 0 spiro atoms. The minimum atomic E-state index is -0.515. The minimum absolute atomic E-state index is 0.0738. The van der Waals surface area contributed by atoms with Gasteiger partial charge in [-0.15, -0.1) is 0 Å².